The molecule has 1 aliphatic rings. The summed E-state index contributed by atoms with van der Waals surface area (Å²) in [6.07, 6.45) is 2.83. The van der Waals surface area contributed by atoms with E-state index in [2.05, 4.69) is 4.72 Å². The van der Waals surface area contributed by atoms with Gasteiger partial charge in [0.1, 0.15) is 4.90 Å². The predicted molar refractivity (Wildman–Crippen MR) is 76.7 cm³/mol. The Balaban J connectivity index is 2.23. The molecule has 1 aromatic carbocycles. The van der Waals surface area contributed by atoms with Crippen LogP contribution in [0.25, 0.3) is 0 Å². The summed E-state index contributed by atoms with van der Waals surface area (Å²) < 4.78 is 27.4. The van der Waals surface area contributed by atoms with Crippen LogP contribution in [-0.4, -0.2) is 21.0 Å². The third-order valence-corrected chi connectivity index (χ3v) is 5.62. The smallest absolute Gasteiger partial charge is 0.242 e. The highest BCUT2D eigenvalue weighted by molar-refractivity contribution is 7.89. The lowest BCUT2D eigenvalue weighted by Gasteiger charge is -2.19. The van der Waals surface area contributed by atoms with Gasteiger partial charge in [0.15, 0.2) is 0 Å². The molecule has 2 atom stereocenters. The minimum Gasteiger partial charge on any atom is -0.330 e. The van der Waals surface area contributed by atoms with Crippen LogP contribution in [0.2, 0.25) is 5.02 Å². The summed E-state index contributed by atoms with van der Waals surface area (Å²) in [6, 6.07) is 4.87. The second kappa shape index (κ2) is 5.79. The fourth-order valence-electron chi connectivity index (χ4n) is 2.56. The highest BCUT2D eigenvalue weighted by Gasteiger charge is 2.31. The zero-order valence-corrected chi connectivity index (χ0v) is 12.5. The van der Waals surface area contributed by atoms with E-state index < -0.39 is 10.0 Å². The van der Waals surface area contributed by atoms with Crippen molar-refractivity contribution in [3.05, 3.63) is 28.8 Å². The summed E-state index contributed by atoms with van der Waals surface area (Å²) in [5, 5.41) is 0.259. The van der Waals surface area contributed by atoms with Crippen LogP contribution in [0.3, 0.4) is 0 Å². The molecule has 1 aliphatic carbocycles. The molecule has 1 aromatic rings. The predicted octanol–water partition coefficient (Wildman–Crippen LogP) is 2.05. The first-order chi connectivity index (χ1) is 8.94. The second-order valence-electron chi connectivity index (χ2n) is 5.09. The molecule has 0 aliphatic heterocycles. The lowest BCUT2D eigenvalue weighted by Crippen LogP contribution is -2.39. The van der Waals surface area contributed by atoms with E-state index in [1.807, 2.05) is 6.92 Å². The van der Waals surface area contributed by atoms with Crippen molar-refractivity contribution in [1.82, 2.24) is 4.72 Å². The monoisotopic (exact) mass is 302 g/mol. The summed E-state index contributed by atoms with van der Waals surface area (Å²) in [6.45, 7) is 2.38. The van der Waals surface area contributed by atoms with Gasteiger partial charge < -0.3 is 5.73 Å². The van der Waals surface area contributed by atoms with Crippen molar-refractivity contribution in [3.63, 3.8) is 0 Å². The Labute approximate surface area is 119 Å². The molecule has 0 radical (unpaired) electrons. The second-order valence-corrected chi connectivity index (χ2v) is 7.18. The fraction of sp³-hybridized carbons (Fsp3) is 0.538. The van der Waals surface area contributed by atoms with E-state index in [1.54, 1.807) is 18.2 Å². The van der Waals surface area contributed by atoms with Gasteiger partial charge in [-0.25, -0.2) is 13.1 Å². The van der Waals surface area contributed by atoms with Gasteiger partial charge in [0.2, 0.25) is 10.0 Å². The Bertz CT molecular complexity index is 560. The third kappa shape index (κ3) is 3.28. The summed E-state index contributed by atoms with van der Waals surface area (Å²) in [7, 11) is -3.57. The number of hydrogen-bond donors (Lipinski definition) is 2. The van der Waals surface area contributed by atoms with E-state index in [0.29, 0.717) is 6.54 Å². The number of halogens is 1. The molecule has 19 heavy (non-hydrogen) atoms. The van der Waals surface area contributed by atoms with Crippen molar-refractivity contribution >= 4 is 21.6 Å². The number of sulfonamides is 1. The lowest BCUT2D eigenvalue weighted by molar-refractivity contribution is 0.453. The van der Waals surface area contributed by atoms with Crippen molar-refractivity contribution in [2.24, 2.45) is 11.7 Å². The zero-order chi connectivity index (χ0) is 14.0. The Hall–Kier alpha value is -0.620. The molecule has 0 spiro atoms. The Morgan fingerprint density at radius 3 is 2.79 bits per heavy atom. The van der Waals surface area contributed by atoms with Crippen LogP contribution in [-0.2, 0) is 10.0 Å². The van der Waals surface area contributed by atoms with E-state index in [-0.39, 0.29) is 21.9 Å². The van der Waals surface area contributed by atoms with Crippen LogP contribution in [0.15, 0.2) is 23.1 Å². The van der Waals surface area contributed by atoms with E-state index in [4.69, 9.17) is 17.3 Å². The van der Waals surface area contributed by atoms with Crippen LogP contribution in [0.4, 0.5) is 0 Å². The zero-order valence-electron chi connectivity index (χ0n) is 10.9. The number of aryl methyl sites for hydroxylation is 1. The largest absolute Gasteiger partial charge is 0.330 e. The summed E-state index contributed by atoms with van der Waals surface area (Å²) in [4.78, 5) is 0.141. The number of nitrogens with one attached hydrogen (secondary N) is 1. The Morgan fingerprint density at radius 2 is 2.16 bits per heavy atom. The van der Waals surface area contributed by atoms with Gasteiger partial charge in [0, 0.05) is 6.04 Å². The molecule has 3 N–H and O–H groups in total. The maximum Gasteiger partial charge on any atom is 0.242 e. The van der Waals surface area contributed by atoms with Crippen molar-refractivity contribution < 1.29 is 8.42 Å². The van der Waals surface area contributed by atoms with Crippen LogP contribution < -0.4 is 10.5 Å². The van der Waals surface area contributed by atoms with Crippen LogP contribution >= 0.6 is 11.6 Å². The molecule has 0 amide bonds. The molecule has 0 bridgehead atoms. The lowest BCUT2D eigenvalue weighted by atomic mass is 10.1. The van der Waals surface area contributed by atoms with Gasteiger partial charge in [-0.15, -0.1) is 0 Å². The normalized spacial score (nSPS) is 23.7. The topological polar surface area (TPSA) is 72.2 Å². The molecule has 106 valence electrons. The first kappa shape index (κ1) is 14.8. The maximum absolute atomic E-state index is 12.3. The molecular formula is C13H19ClN2O2S. The van der Waals surface area contributed by atoms with E-state index in [1.165, 1.54) is 0 Å². The fourth-order valence-corrected chi connectivity index (χ4v) is 4.50. The summed E-state index contributed by atoms with van der Waals surface area (Å²) in [5.41, 5.74) is 6.61. The van der Waals surface area contributed by atoms with Crippen molar-refractivity contribution in [2.75, 3.05) is 6.54 Å². The molecule has 0 heterocycles. The highest BCUT2D eigenvalue weighted by atomic mass is 35.5. The van der Waals surface area contributed by atoms with Gasteiger partial charge in [-0.3, -0.25) is 0 Å². The van der Waals surface area contributed by atoms with Crippen LogP contribution in [0.1, 0.15) is 24.8 Å². The van der Waals surface area contributed by atoms with Crippen molar-refractivity contribution in [3.8, 4) is 0 Å². The average molecular weight is 303 g/mol. The van der Waals surface area contributed by atoms with Gasteiger partial charge in [-0.1, -0.05) is 24.1 Å². The molecule has 0 saturated heterocycles. The number of nitrogens with two attached hydrogens (primary N) is 1. The molecule has 2 unspecified atom stereocenters. The highest BCUT2D eigenvalue weighted by Crippen LogP contribution is 2.28. The van der Waals surface area contributed by atoms with Gasteiger partial charge >= 0.3 is 0 Å². The first-order valence-electron chi connectivity index (χ1n) is 6.42. The number of rotatable bonds is 4. The minimum atomic E-state index is -3.57. The van der Waals surface area contributed by atoms with Gasteiger partial charge in [0.05, 0.1) is 5.02 Å². The van der Waals surface area contributed by atoms with E-state index in [0.717, 1.165) is 24.8 Å². The maximum atomic E-state index is 12.3. The number of benzene rings is 1. The quantitative estimate of drug-likeness (QED) is 0.894. The SMILES string of the molecule is Cc1ccc(S(=O)(=O)NC2CCCC2CN)c(Cl)c1. The molecule has 4 nitrogen and oxygen atoms in total. The third-order valence-electron chi connectivity index (χ3n) is 3.65. The van der Waals surface area contributed by atoms with Crippen LogP contribution in [0.5, 0.6) is 0 Å². The standard InChI is InChI=1S/C13H19ClN2O2S/c1-9-5-6-13(11(14)7-9)19(17,18)16-12-4-2-3-10(12)8-15/h5-7,10,12,16H,2-4,8,15H2,1H3. The molecule has 6 heteroatoms. The molecule has 1 saturated carbocycles. The van der Waals surface area contributed by atoms with Crippen molar-refractivity contribution in [1.29, 1.82) is 0 Å². The minimum absolute atomic E-state index is 0.0765. The number of hydrogen-bond acceptors (Lipinski definition) is 3. The van der Waals surface area contributed by atoms with Gasteiger partial charge in [-0.2, -0.15) is 0 Å². The first-order valence-corrected chi connectivity index (χ1v) is 8.28. The van der Waals surface area contributed by atoms with Crippen molar-refractivity contribution in [2.45, 2.75) is 37.1 Å². The molecule has 1 fully saturated rings. The summed E-state index contributed by atoms with van der Waals surface area (Å²) in [5.74, 6) is 0.221. The molecule has 0 aromatic heterocycles. The van der Waals surface area contributed by atoms with Gasteiger partial charge in [-0.05, 0) is 49.9 Å². The van der Waals surface area contributed by atoms with Crippen LogP contribution in [0, 0.1) is 12.8 Å². The van der Waals surface area contributed by atoms with E-state index in [9.17, 15) is 8.42 Å². The molecule has 2 rings (SSSR count). The van der Waals surface area contributed by atoms with E-state index >= 15 is 0 Å². The Kier molecular flexibility index (Phi) is 4.50. The Morgan fingerprint density at radius 1 is 1.42 bits per heavy atom. The molecular weight excluding hydrogens is 284 g/mol. The van der Waals surface area contributed by atoms with Gasteiger partial charge in [0.25, 0.3) is 0 Å². The average Bonchev–Trinajstić information content (AvgIpc) is 2.74. The summed E-state index contributed by atoms with van der Waals surface area (Å²) >= 11 is 6.03.